The van der Waals surface area contributed by atoms with Gasteiger partial charge in [0.2, 0.25) is 0 Å². The molecule has 4 rings (SSSR count). The molecule has 2 aromatic heterocycles. The lowest BCUT2D eigenvalue weighted by Gasteiger charge is -2.30. The van der Waals surface area contributed by atoms with Crippen LogP contribution >= 0.6 is 11.8 Å². The van der Waals surface area contributed by atoms with E-state index < -0.39 is 0 Å². The molecule has 1 atom stereocenters. The highest BCUT2D eigenvalue weighted by Gasteiger charge is 2.25. The number of H-pyrrole nitrogens is 1. The van der Waals surface area contributed by atoms with Gasteiger partial charge in [0.25, 0.3) is 5.91 Å². The van der Waals surface area contributed by atoms with Crippen LogP contribution in [-0.2, 0) is 4.79 Å². The Balaban J connectivity index is 1.50. The zero-order chi connectivity index (χ0) is 17.9. The third-order valence-electron chi connectivity index (χ3n) is 4.80. The minimum absolute atomic E-state index is 0.0713. The molecular weight excluding hydrogens is 350 g/mol. The molecule has 2 N–H and O–H groups in total. The van der Waals surface area contributed by atoms with Crippen LogP contribution in [0.2, 0.25) is 0 Å². The highest BCUT2D eigenvalue weighted by molar-refractivity contribution is 8.04. The van der Waals surface area contributed by atoms with Crippen molar-refractivity contribution in [3.63, 3.8) is 0 Å². The van der Waals surface area contributed by atoms with Crippen molar-refractivity contribution in [2.24, 2.45) is 0 Å². The Morgan fingerprint density at radius 2 is 2.31 bits per heavy atom. The van der Waals surface area contributed by atoms with Gasteiger partial charge in [-0.05, 0) is 19.4 Å². The molecule has 0 unspecified atom stereocenters. The molecule has 1 fully saturated rings. The van der Waals surface area contributed by atoms with Crippen molar-refractivity contribution in [1.29, 1.82) is 0 Å². The van der Waals surface area contributed by atoms with Gasteiger partial charge >= 0.3 is 0 Å². The number of anilines is 1. The van der Waals surface area contributed by atoms with E-state index in [1.165, 1.54) is 19.2 Å². The number of hydrogen-bond acceptors (Lipinski definition) is 7. The standard InChI is InChI=1S/C17H23N7OS/c1-23(8-12-4-2-3-5-18-12)17(25)13-9-24(6-7-26-13)16-14-15(20-10-19-14)21-11-22-16/h9-12,18H,2-8H2,1H3,(H,19,20,21,22)/t12-/m0/s1. The van der Waals surface area contributed by atoms with E-state index in [0.717, 1.165) is 48.0 Å². The smallest absolute Gasteiger partial charge is 0.261 e. The van der Waals surface area contributed by atoms with Gasteiger partial charge in [0, 0.05) is 38.1 Å². The molecule has 4 heterocycles. The number of likely N-dealkylation sites (N-methyl/N-ethyl adjacent to an activating group) is 1. The number of nitrogens with one attached hydrogen (secondary N) is 2. The molecule has 2 aliphatic heterocycles. The van der Waals surface area contributed by atoms with Crippen molar-refractivity contribution in [3.05, 3.63) is 23.8 Å². The molecule has 0 aliphatic carbocycles. The number of rotatable bonds is 4. The predicted molar refractivity (Wildman–Crippen MR) is 103 cm³/mol. The fourth-order valence-electron chi connectivity index (χ4n) is 3.43. The average molecular weight is 373 g/mol. The molecule has 2 aliphatic rings. The highest BCUT2D eigenvalue weighted by Crippen LogP contribution is 2.29. The van der Waals surface area contributed by atoms with Crippen molar-refractivity contribution in [2.45, 2.75) is 25.3 Å². The van der Waals surface area contributed by atoms with Crippen LogP contribution in [0.3, 0.4) is 0 Å². The van der Waals surface area contributed by atoms with E-state index in [4.69, 9.17) is 0 Å². The number of hydrogen-bond donors (Lipinski definition) is 2. The molecule has 2 aromatic rings. The predicted octanol–water partition coefficient (Wildman–Crippen LogP) is 1.35. The molecule has 1 amide bonds. The molecule has 26 heavy (non-hydrogen) atoms. The zero-order valence-corrected chi connectivity index (χ0v) is 15.6. The van der Waals surface area contributed by atoms with Gasteiger partial charge in [-0.2, -0.15) is 0 Å². The largest absolute Gasteiger partial charge is 0.340 e. The zero-order valence-electron chi connectivity index (χ0n) is 14.8. The summed E-state index contributed by atoms with van der Waals surface area (Å²) in [7, 11) is 1.89. The van der Waals surface area contributed by atoms with E-state index in [2.05, 4.69) is 25.3 Å². The fourth-order valence-corrected chi connectivity index (χ4v) is 4.42. The summed E-state index contributed by atoms with van der Waals surface area (Å²) in [6.45, 7) is 2.58. The van der Waals surface area contributed by atoms with Crippen LogP contribution in [0.15, 0.2) is 23.8 Å². The Hall–Kier alpha value is -2.13. The van der Waals surface area contributed by atoms with E-state index in [0.29, 0.717) is 11.7 Å². The van der Waals surface area contributed by atoms with Gasteiger partial charge < -0.3 is 20.1 Å². The molecule has 0 saturated carbocycles. The number of carbonyl (C=O) groups excluding carboxylic acids is 1. The maximum atomic E-state index is 12.9. The molecule has 138 valence electrons. The Morgan fingerprint density at radius 3 is 3.15 bits per heavy atom. The summed E-state index contributed by atoms with van der Waals surface area (Å²) >= 11 is 1.61. The lowest BCUT2D eigenvalue weighted by molar-refractivity contribution is -0.125. The van der Waals surface area contributed by atoms with E-state index in [1.54, 1.807) is 18.1 Å². The third kappa shape index (κ3) is 3.54. The number of imidazole rings is 1. The SMILES string of the molecule is CN(C[C@@H]1CCCCN1)C(=O)C1=CN(c2ncnc3nc[nH]c23)CCS1. The summed E-state index contributed by atoms with van der Waals surface area (Å²) < 4.78 is 0. The molecule has 0 spiro atoms. The van der Waals surface area contributed by atoms with Gasteiger partial charge in [0.05, 0.1) is 11.2 Å². The number of piperidine rings is 1. The Kier molecular flexibility index (Phi) is 5.07. The second kappa shape index (κ2) is 7.63. The number of carbonyl (C=O) groups is 1. The lowest BCUT2D eigenvalue weighted by Crippen LogP contribution is -2.44. The molecule has 8 nitrogen and oxygen atoms in total. The second-order valence-corrected chi connectivity index (χ2v) is 7.80. The minimum Gasteiger partial charge on any atom is -0.340 e. The second-order valence-electron chi connectivity index (χ2n) is 6.67. The van der Waals surface area contributed by atoms with Crippen LogP contribution in [0.25, 0.3) is 11.2 Å². The van der Waals surface area contributed by atoms with Gasteiger partial charge in [-0.15, -0.1) is 11.8 Å². The maximum absolute atomic E-state index is 12.9. The number of amides is 1. The summed E-state index contributed by atoms with van der Waals surface area (Å²) in [5.74, 6) is 1.67. The summed E-state index contributed by atoms with van der Waals surface area (Å²) in [4.78, 5) is 33.3. The van der Waals surface area contributed by atoms with Gasteiger partial charge in [-0.25, -0.2) is 15.0 Å². The van der Waals surface area contributed by atoms with E-state index in [-0.39, 0.29) is 5.91 Å². The molecule has 0 aromatic carbocycles. The number of fused-ring (bicyclic) bond motifs is 1. The first-order chi connectivity index (χ1) is 12.7. The lowest BCUT2D eigenvalue weighted by atomic mass is 10.0. The normalized spacial score (nSPS) is 20.9. The van der Waals surface area contributed by atoms with Crippen LogP contribution in [0.5, 0.6) is 0 Å². The van der Waals surface area contributed by atoms with Crippen molar-refractivity contribution in [3.8, 4) is 0 Å². The molecule has 9 heteroatoms. The Morgan fingerprint density at radius 1 is 1.38 bits per heavy atom. The minimum atomic E-state index is 0.0713. The molecule has 0 bridgehead atoms. The third-order valence-corrected chi connectivity index (χ3v) is 5.78. The highest BCUT2D eigenvalue weighted by atomic mass is 32.2. The first-order valence-electron chi connectivity index (χ1n) is 8.96. The monoisotopic (exact) mass is 373 g/mol. The van der Waals surface area contributed by atoms with Crippen molar-refractivity contribution < 1.29 is 4.79 Å². The fraction of sp³-hybridized carbons (Fsp3) is 0.529. The number of aromatic amines is 1. The molecule has 1 saturated heterocycles. The van der Waals surface area contributed by atoms with Crippen LogP contribution in [0, 0.1) is 0 Å². The maximum Gasteiger partial charge on any atom is 0.261 e. The van der Waals surface area contributed by atoms with Gasteiger partial charge in [0.15, 0.2) is 11.5 Å². The van der Waals surface area contributed by atoms with E-state index >= 15 is 0 Å². The van der Waals surface area contributed by atoms with E-state index in [1.807, 2.05) is 23.0 Å². The first-order valence-corrected chi connectivity index (χ1v) is 9.95. The van der Waals surface area contributed by atoms with Crippen molar-refractivity contribution >= 4 is 34.7 Å². The van der Waals surface area contributed by atoms with Gasteiger partial charge in [-0.1, -0.05) is 6.42 Å². The Bertz CT molecular complexity index is 814. The van der Waals surface area contributed by atoms with Crippen LogP contribution in [0.4, 0.5) is 5.82 Å². The van der Waals surface area contributed by atoms with Gasteiger partial charge in [-0.3, -0.25) is 4.79 Å². The van der Waals surface area contributed by atoms with Gasteiger partial charge in [0.1, 0.15) is 11.8 Å². The first kappa shape index (κ1) is 17.3. The number of nitrogens with zero attached hydrogens (tertiary/aromatic N) is 5. The van der Waals surface area contributed by atoms with Crippen LogP contribution in [-0.4, -0.2) is 69.2 Å². The molecule has 0 radical (unpaired) electrons. The number of aromatic nitrogens is 4. The van der Waals surface area contributed by atoms with Crippen molar-refractivity contribution in [1.82, 2.24) is 30.2 Å². The van der Waals surface area contributed by atoms with Crippen molar-refractivity contribution in [2.75, 3.05) is 37.3 Å². The topological polar surface area (TPSA) is 90.0 Å². The van der Waals surface area contributed by atoms with E-state index in [9.17, 15) is 4.79 Å². The summed E-state index contributed by atoms with van der Waals surface area (Å²) in [6, 6.07) is 0.398. The summed E-state index contributed by atoms with van der Waals surface area (Å²) in [5, 5.41) is 3.50. The van der Waals surface area contributed by atoms with Crippen LogP contribution < -0.4 is 10.2 Å². The Labute approximate surface area is 156 Å². The van der Waals surface area contributed by atoms with Crippen LogP contribution in [0.1, 0.15) is 19.3 Å². The average Bonchev–Trinajstić information content (AvgIpc) is 3.17. The summed E-state index contributed by atoms with van der Waals surface area (Å²) in [6.07, 6.45) is 8.63. The quantitative estimate of drug-likeness (QED) is 0.836. The summed E-state index contributed by atoms with van der Waals surface area (Å²) in [5.41, 5.74) is 1.43. The number of thioether (sulfide) groups is 1. The molecular formula is C17H23N7OS.